The Morgan fingerprint density at radius 3 is 2.80 bits per heavy atom. The Bertz CT molecular complexity index is 663. The molecule has 0 fully saturated rings. The van der Waals surface area contributed by atoms with Crippen LogP contribution >= 0.6 is 15.9 Å². The van der Waals surface area contributed by atoms with Gasteiger partial charge in [0.1, 0.15) is 10.4 Å². The Labute approximate surface area is 104 Å². The summed E-state index contributed by atoms with van der Waals surface area (Å²) in [6.45, 7) is 0. The molecule has 1 aromatic heterocycles. The molecule has 0 aliphatic carbocycles. The molecule has 0 aliphatic heterocycles. The van der Waals surface area contributed by atoms with Crippen molar-refractivity contribution in [3.8, 4) is 0 Å². The number of nitrogens with zero attached hydrogens (tertiary/aromatic N) is 2. The highest BCUT2D eigenvalue weighted by Gasteiger charge is 2.04. The van der Waals surface area contributed by atoms with Crippen molar-refractivity contribution in [3.05, 3.63) is 52.3 Å². The highest BCUT2D eigenvalue weighted by molar-refractivity contribution is 9.10. The van der Waals surface area contributed by atoms with Gasteiger partial charge in [0.05, 0.1) is 18.7 Å². The van der Waals surface area contributed by atoms with Gasteiger partial charge in [0.25, 0.3) is 0 Å². The second kappa shape index (κ2) is 4.40. The first-order chi connectivity index (χ1) is 9.32. The molecule has 0 amide bonds. The summed E-state index contributed by atoms with van der Waals surface area (Å²) < 4.78 is 38.9. The van der Waals surface area contributed by atoms with Gasteiger partial charge in [0.2, 0.25) is 0 Å². The molecule has 0 saturated carbocycles. The lowest BCUT2D eigenvalue weighted by molar-refractivity contribution is 1.02. The van der Waals surface area contributed by atoms with Crippen molar-refractivity contribution in [2.45, 2.75) is 6.42 Å². The summed E-state index contributed by atoms with van der Waals surface area (Å²) in [7, 11) is 0. The molecule has 2 N–H and O–H groups in total. The standard InChI is InChI=1S/C11H10BrN3/c12-10-7-14-11(13)9(15-10)6-8-4-2-1-3-5-8/h1-5,7H,6H2,(H2,13,14)/i1D,2D,3D,4D,5D. The highest BCUT2D eigenvalue weighted by atomic mass is 79.9. The zero-order valence-corrected chi connectivity index (χ0v) is 9.22. The van der Waals surface area contributed by atoms with Gasteiger partial charge in [-0.15, -0.1) is 0 Å². The van der Waals surface area contributed by atoms with Gasteiger partial charge in [-0.2, -0.15) is 0 Å². The minimum atomic E-state index is -0.419. The third kappa shape index (κ3) is 2.53. The van der Waals surface area contributed by atoms with Gasteiger partial charge in [0.15, 0.2) is 0 Å². The van der Waals surface area contributed by atoms with Crippen LogP contribution in [0, 0.1) is 0 Å². The molecular weight excluding hydrogens is 254 g/mol. The van der Waals surface area contributed by atoms with Gasteiger partial charge in [-0.3, -0.25) is 0 Å². The van der Waals surface area contributed by atoms with E-state index in [0.717, 1.165) is 0 Å². The van der Waals surface area contributed by atoms with E-state index in [0.29, 0.717) is 10.3 Å². The molecule has 2 aromatic rings. The fraction of sp³-hybridized carbons (Fsp3) is 0.0909. The molecule has 0 aliphatic rings. The SMILES string of the molecule is [2H]c1c([2H])c([2H])c(Cc2nc(Br)cnc2N)c([2H])c1[2H]. The van der Waals surface area contributed by atoms with Crippen LogP contribution in [0.5, 0.6) is 0 Å². The van der Waals surface area contributed by atoms with Gasteiger partial charge < -0.3 is 5.73 Å². The number of aromatic nitrogens is 2. The summed E-state index contributed by atoms with van der Waals surface area (Å²) in [6.07, 6.45) is 1.45. The number of nitrogen functional groups attached to an aromatic ring is 1. The molecule has 76 valence electrons. The Morgan fingerprint density at radius 1 is 1.33 bits per heavy atom. The lowest BCUT2D eigenvalue weighted by atomic mass is 10.1. The van der Waals surface area contributed by atoms with Gasteiger partial charge >= 0.3 is 0 Å². The number of nitrogens with two attached hydrogens (primary N) is 1. The van der Waals surface area contributed by atoms with Crippen LogP contribution in [-0.2, 0) is 6.42 Å². The Hall–Kier alpha value is -1.42. The number of benzene rings is 1. The van der Waals surface area contributed by atoms with Gasteiger partial charge in [0, 0.05) is 6.42 Å². The predicted molar refractivity (Wildman–Crippen MR) is 63.4 cm³/mol. The molecule has 0 saturated heterocycles. The van der Waals surface area contributed by atoms with E-state index < -0.39 is 6.04 Å². The lowest BCUT2D eigenvalue weighted by Gasteiger charge is -2.04. The maximum atomic E-state index is 7.84. The first-order valence-corrected chi connectivity index (χ1v) is 4.95. The minimum absolute atomic E-state index is 0.0218. The van der Waals surface area contributed by atoms with Crippen molar-refractivity contribution in [2.75, 3.05) is 5.73 Å². The van der Waals surface area contributed by atoms with Crippen LogP contribution in [0.4, 0.5) is 5.82 Å². The van der Waals surface area contributed by atoms with Crippen molar-refractivity contribution < 1.29 is 6.85 Å². The topological polar surface area (TPSA) is 51.8 Å². The van der Waals surface area contributed by atoms with Crippen LogP contribution in [0.2, 0.25) is 0 Å². The summed E-state index contributed by atoms with van der Waals surface area (Å²) >= 11 is 3.16. The summed E-state index contributed by atoms with van der Waals surface area (Å²) in [4.78, 5) is 8.04. The van der Waals surface area contributed by atoms with Crippen molar-refractivity contribution in [1.82, 2.24) is 9.97 Å². The van der Waals surface area contributed by atoms with E-state index >= 15 is 0 Å². The smallest absolute Gasteiger partial charge is 0.145 e. The molecule has 4 heteroatoms. The largest absolute Gasteiger partial charge is 0.382 e. The minimum Gasteiger partial charge on any atom is -0.382 e. The number of halogens is 1. The van der Waals surface area contributed by atoms with Crippen molar-refractivity contribution in [1.29, 1.82) is 0 Å². The first-order valence-electron chi connectivity index (χ1n) is 6.65. The Kier molecular flexibility index (Phi) is 1.64. The van der Waals surface area contributed by atoms with E-state index in [1.807, 2.05) is 0 Å². The van der Waals surface area contributed by atoms with Crippen molar-refractivity contribution in [2.24, 2.45) is 0 Å². The Balaban J connectivity index is 2.57. The van der Waals surface area contributed by atoms with E-state index in [-0.39, 0.29) is 42.0 Å². The maximum absolute atomic E-state index is 7.84. The van der Waals surface area contributed by atoms with Crippen LogP contribution < -0.4 is 5.73 Å². The second-order valence-electron chi connectivity index (χ2n) is 2.80. The average Bonchev–Trinajstić information content (AvgIpc) is 2.43. The molecule has 15 heavy (non-hydrogen) atoms. The lowest BCUT2D eigenvalue weighted by Crippen LogP contribution is -2.01. The van der Waals surface area contributed by atoms with Crippen LogP contribution in [0.25, 0.3) is 0 Å². The second-order valence-corrected chi connectivity index (χ2v) is 3.62. The summed E-state index contributed by atoms with van der Waals surface area (Å²) in [6, 6.07) is -1.67. The monoisotopic (exact) mass is 268 g/mol. The molecule has 3 nitrogen and oxygen atoms in total. The normalized spacial score (nSPS) is 14.9. The number of rotatable bonds is 2. The van der Waals surface area contributed by atoms with Gasteiger partial charge in [-0.05, 0) is 21.5 Å². The molecule has 0 spiro atoms. The molecule has 0 unspecified atom stereocenters. The van der Waals surface area contributed by atoms with Crippen LogP contribution in [0.15, 0.2) is 41.0 Å². The predicted octanol–water partition coefficient (Wildman–Crippen LogP) is 2.41. The quantitative estimate of drug-likeness (QED) is 0.910. The molecule has 0 atom stereocenters. The summed E-state index contributed by atoms with van der Waals surface area (Å²) in [5, 5.41) is 0. The molecule has 0 radical (unpaired) electrons. The fourth-order valence-corrected chi connectivity index (χ4v) is 1.39. The van der Waals surface area contributed by atoms with Crippen LogP contribution in [0.1, 0.15) is 18.1 Å². The average molecular weight is 269 g/mol. The Morgan fingerprint density at radius 2 is 2.07 bits per heavy atom. The zero-order valence-electron chi connectivity index (χ0n) is 12.6. The number of anilines is 1. The zero-order chi connectivity index (χ0) is 15.0. The number of hydrogen-bond donors (Lipinski definition) is 1. The molecule has 1 heterocycles. The number of hydrogen-bond acceptors (Lipinski definition) is 3. The molecular formula is C11H10BrN3. The summed E-state index contributed by atoms with van der Waals surface area (Å²) in [5.41, 5.74) is 6.20. The van der Waals surface area contributed by atoms with E-state index in [9.17, 15) is 0 Å². The first kappa shape index (κ1) is 5.61. The van der Waals surface area contributed by atoms with Crippen molar-refractivity contribution in [3.63, 3.8) is 0 Å². The van der Waals surface area contributed by atoms with Crippen LogP contribution in [0.3, 0.4) is 0 Å². The van der Waals surface area contributed by atoms with E-state index in [4.69, 9.17) is 12.6 Å². The van der Waals surface area contributed by atoms with Gasteiger partial charge in [-0.25, -0.2) is 9.97 Å². The fourth-order valence-electron chi connectivity index (χ4n) is 1.07. The van der Waals surface area contributed by atoms with Crippen LogP contribution in [-0.4, -0.2) is 9.97 Å². The van der Waals surface area contributed by atoms with E-state index in [2.05, 4.69) is 25.9 Å². The third-order valence-electron chi connectivity index (χ3n) is 1.74. The summed E-state index contributed by atoms with van der Waals surface area (Å²) in [5.74, 6) is 0.167. The maximum Gasteiger partial charge on any atom is 0.145 e. The highest BCUT2D eigenvalue weighted by Crippen LogP contribution is 2.14. The van der Waals surface area contributed by atoms with E-state index in [1.54, 1.807) is 0 Å². The molecule has 0 bridgehead atoms. The third-order valence-corrected chi connectivity index (χ3v) is 2.13. The molecule has 1 aromatic carbocycles. The molecule has 2 rings (SSSR count). The van der Waals surface area contributed by atoms with Crippen molar-refractivity contribution >= 4 is 21.7 Å². The van der Waals surface area contributed by atoms with Gasteiger partial charge in [-0.1, -0.05) is 30.2 Å². The van der Waals surface area contributed by atoms with E-state index in [1.165, 1.54) is 6.20 Å².